The molecular formula is C16H19N3O2. The van der Waals surface area contributed by atoms with Gasteiger partial charge in [-0.15, -0.1) is 0 Å². The van der Waals surface area contributed by atoms with Gasteiger partial charge < -0.3 is 14.6 Å². The maximum Gasteiger partial charge on any atom is 0.236 e. The molecule has 1 aliphatic heterocycles. The number of nitrogens with zero attached hydrogens (tertiary/aromatic N) is 3. The molecule has 0 spiro atoms. The monoisotopic (exact) mass is 285 g/mol. The Hall–Kier alpha value is -2.14. The first-order valence-corrected chi connectivity index (χ1v) is 6.98. The normalized spacial score (nSPS) is 18.0. The SMILES string of the molecule is CC(O)c1cn(-c2cccc3c2C(C)(C)C(=O)N3C)cn1. The van der Waals surface area contributed by atoms with Crippen molar-refractivity contribution in [3.05, 3.63) is 42.0 Å². The van der Waals surface area contributed by atoms with Crippen molar-refractivity contribution < 1.29 is 9.90 Å². The number of amides is 1. The number of hydrogen-bond donors (Lipinski definition) is 1. The van der Waals surface area contributed by atoms with Gasteiger partial charge in [0, 0.05) is 24.5 Å². The Morgan fingerprint density at radius 3 is 2.57 bits per heavy atom. The molecule has 5 nitrogen and oxygen atoms in total. The summed E-state index contributed by atoms with van der Waals surface area (Å²) < 4.78 is 1.87. The highest BCUT2D eigenvalue weighted by Gasteiger charge is 2.44. The second-order valence-corrected chi connectivity index (χ2v) is 6.04. The molecule has 0 fully saturated rings. The molecule has 2 heterocycles. The van der Waals surface area contributed by atoms with Gasteiger partial charge in [-0.1, -0.05) is 6.07 Å². The fraction of sp³-hybridized carbons (Fsp3) is 0.375. The molecule has 1 aromatic carbocycles. The van der Waals surface area contributed by atoms with E-state index in [0.717, 1.165) is 16.9 Å². The van der Waals surface area contributed by atoms with E-state index in [1.807, 2.05) is 36.6 Å². The predicted octanol–water partition coefficient (Wildman–Crippen LogP) is 2.18. The average Bonchev–Trinajstić information content (AvgIpc) is 2.99. The summed E-state index contributed by atoms with van der Waals surface area (Å²) in [7, 11) is 1.80. The van der Waals surface area contributed by atoms with Crippen LogP contribution in [0.25, 0.3) is 5.69 Å². The summed E-state index contributed by atoms with van der Waals surface area (Å²) in [6.07, 6.45) is 2.87. The molecule has 1 aromatic heterocycles. The number of imidazole rings is 1. The van der Waals surface area contributed by atoms with Crippen molar-refractivity contribution in [2.75, 3.05) is 11.9 Å². The smallest absolute Gasteiger partial charge is 0.236 e. The van der Waals surface area contributed by atoms with Crippen molar-refractivity contribution >= 4 is 11.6 Å². The maximum absolute atomic E-state index is 12.4. The molecule has 1 aliphatic rings. The van der Waals surface area contributed by atoms with Crippen LogP contribution in [0.15, 0.2) is 30.7 Å². The van der Waals surface area contributed by atoms with Crippen LogP contribution in [0.1, 0.15) is 38.1 Å². The van der Waals surface area contributed by atoms with Gasteiger partial charge in [0.2, 0.25) is 5.91 Å². The lowest BCUT2D eigenvalue weighted by Crippen LogP contribution is -2.33. The van der Waals surface area contributed by atoms with Gasteiger partial charge in [-0.05, 0) is 32.9 Å². The zero-order chi connectivity index (χ0) is 15.4. The molecule has 21 heavy (non-hydrogen) atoms. The molecule has 110 valence electrons. The molecule has 1 amide bonds. The summed E-state index contributed by atoms with van der Waals surface area (Å²) >= 11 is 0. The third-order valence-electron chi connectivity index (χ3n) is 4.15. The van der Waals surface area contributed by atoms with E-state index in [0.29, 0.717) is 5.69 Å². The van der Waals surface area contributed by atoms with Crippen LogP contribution in [0.2, 0.25) is 0 Å². The van der Waals surface area contributed by atoms with E-state index in [2.05, 4.69) is 4.98 Å². The first kappa shape index (κ1) is 13.8. The Kier molecular flexibility index (Phi) is 2.92. The van der Waals surface area contributed by atoms with Crippen molar-refractivity contribution in [2.24, 2.45) is 0 Å². The molecule has 2 aromatic rings. The summed E-state index contributed by atoms with van der Waals surface area (Å²) in [4.78, 5) is 18.4. The summed E-state index contributed by atoms with van der Waals surface area (Å²) in [5, 5.41) is 9.63. The molecule has 1 atom stereocenters. The van der Waals surface area contributed by atoms with Gasteiger partial charge in [-0.2, -0.15) is 0 Å². The van der Waals surface area contributed by atoms with Crippen molar-refractivity contribution in [2.45, 2.75) is 32.3 Å². The van der Waals surface area contributed by atoms with E-state index in [-0.39, 0.29) is 5.91 Å². The quantitative estimate of drug-likeness (QED) is 0.920. The third-order valence-corrected chi connectivity index (χ3v) is 4.15. The zero-order valence-corrected chi connectivity index (χ0v) is 12.7. The Morgan fingerprint density at radius 1 is 1.29 bits per heavy atom. The van der Waals surface area contributed by atoms with Crippen LogP contribution in [0, 0.1) is 0 Å². The Bertz CT molecular complexity index is 716. The second kappa shape index (κ2) is 4.43. The first-order valence-electron chi connectivity index (χ1n) is 6.98. The van der Waals surface area contributed by atoms with Gasteiger partial charge >= 0.3 is 0 Å². The fourth-order valence-electron chi connectivity index (χ4n) is 2.98. The largest absolute Gasteiger partial charge is 0.387 e. The van der Waals surface area contributed by atoms with Crippen LogP contribution in [-0.2, 0) is 10.2 Å². The van der Waals surface area contributed by atoms with E-state index < -0.39 is 11.5 Å². The number of carbonyl (C=O) groups is 1. The standard InChI is InChI=1S/C16H19N3O2/c1-10(20)11-8-19(9-17-11)13-7-5-6-12-14(13)16(2,3)15(21)18(12)4/h5-10,20H,1-4H3. The van der Waals surface area contributed by atoms with E-state index in [4.69, 9.17) is 0 Å². The number of anilines is 1. The van der Waals surface area contributed by atoms with Crippen LogP contribution < -0.4 is 4.90 Å². The van der Waals surface area contributed by atoms with Gasteiger partial charge in [0.1, 0.15) is 0 Å². The summed E-state index contributed by atoms with van der Waals surface area (Å²) in [5.41, 5.74) is 2.88. The summed E-state index contributed by atoms with van der Waals surface area (Å²) in [6, 6.07) is 5.86. The van der Waals surface area contributed by atoms with Crippen LogP contribution in [0.3, 0.4) is 0 Å². The second-order valence-electron chi connectivity index (χ2n) is 6.04. The van der Waals surface area contributed by atoms with E-state index in [9.17, 15) is 9.90 Å². The number of likely N-dealkylation sites (N-methyl/N-ethyl adjacent to an activating group) is 1. The molecule has 1 unspecified atom stereocenters. The number of aliphatic hydroxyl groups is 1. The van der Waals surface area contributed by atoms with Gasteiger partial charge in [0.25, 0.3) is 0 Å². The number of aromatic nitrogens is 2. The number of benzene rings is 1. The fourth-order valence-corrected chi connectivity index (χ4v) is 2.98. The summed E-state index contributed by atoms with van der Waals surface area (Å²) in [6.45, 7) is 5.56. The molecule has 3 rings (SSSR count). The van der Waals surface area contributed by atoms with Crippen LogP contribution in [-0.4, -0.2) is 27.6 Å². The highest BCUT2D eigenvalue weighted by Crippen LogP contribution is 2.44. The maximum atomic E-state index is 12.4. The Balaban J connectivity index is 2.20. The molecule has 0 bridgehead atoms. The number of rotatable bonds is 2. The average molecular weight is 285 g/mol. The number of carbonyl (C=O) groups excluding carboxylic acids is 1. The molecule has 0 radical (unpaired) electrons. The minimum atomic E-state index is -0.611. The molecule has 0 aliphatic carbocycles. The van der Waals surface area contributed by atoms with Crippen LogP contribution in [0.5, 0.6) is 0 Å². The van der Waals surface area contributed by atoms with Gasteiger partial charge in [0.05, 0.1) is 29.2 Å². The molecule has 5 heteroatoms. The first-order chi connectivity index (χ1) is 9.84. The molecule has 0 saturated heterocycles. The highest BCUT2D eigenvalue weighted by molar-refractivity contribution is 6.08. The van der Waals surface area contributed by atoms with E-state index >= 15 is 0 Å². The van der Waals surface area contributed by atoms with E-state index in [1.165, 1.54) is 0 Å². The lowest BCUT2D eigenvalue weighted by molar-refractivity contribution is -0.121. The van der Waals surface area contributed by atoms with Crippen molar-refractivity contribution in [3.8, 4) is 5.69 Å². The minimum Gasteiger partial charge on any atom is -0.387 e. The van der Waals surface area contributed by atoms with Crippen LogP contribution in [0.4, 0.5) is 5.69 Å². The topological polar surface area (TPSA) is 58.4 Å². The van der Waals surface area contributed by atoms with Crippen LogP contribution >= 0.6 is 0 Å². The van der Waals surface area contributed by atoms with Gasteiger partial charge in [0.15, 0.2) is 0 Å². The molecule has 0 saturated carbocycles. The third kappa shape index (κ3) is 1.88. The van der Waals surface area contributed by atoms with Gasteiger partial charge in [-0.25, -0.2) is 4.98 Å². The number of fused-ring (bicyclic) bond motifs is 1. The Morgan fingerprint density at radius 2 is 1.95 bits per heavy atom. The highest BCUT2D eigenvalue weighted by atomic mass is 16.3. The van der Waals surface area contributed by atoms with Crippen molar-refractivity contribution in [3.63, 3.8) is 0 Å². The lowest BCUT2D eigenvalue weighted by Gasteiger charge is -2.19. The summed E-state index contributed by atoms with van der Waals surface area (Å²) in [5.74, 6) is 0.0841. The lowest BCUT2D eigenvalue weighted by atomic mass is 9.85. The van der Waals surface area contributed by atoms with Crippen molar-refractivity contribution in [1.29, 1.82) is 0 Å². The number of aliphatic hydroxyl groups excluding tert-OH is 1. The molecular weight excluding hydrogens is 266 g/mol. The zero-order valence-electron chi connectivity index (χ0n) is 12.7. The van der Waals surface area contributed by atoms with Crippen molar-refractivity contribution in [1.82, 2.24) is 9.55 Å². The minimum absolute atomic E-state index is 0.0841. The molecule has 1 N–H and O–H groups in total. The van der Waals surface area contributed by atoms with E-state index in [1.54, 1.807) is 31.4 Å². The van der Waals surface area contributed by atoms with Gasteiger partial charge in [-0.3, -0.25) is 4.79 Å². The Labute approximate surface area is 123 Å². The number of hydrogen-bond acceptors (Lipinski definition) is 3. The predicted molar refractivity (Wildman–Crippen MR) is 80.6 cm³/mol.